The van der Waals surface area contributed by atoms with E-state index in [1.807, 2.05) is 49.4 Å². The Morgan fingerprint density at radius 2 is 1.76 bits per heavy atom. The molecule has 1 unspecified atom stereocenters. The Bertz CT molecular complexity index is 1440. The molecule has 0 radical (unpaired) electrons. The van der Waals surface area contributed by atoms with Crippen molar-refractivity contribution in [2.24, 2.45) is 5.92 Å². The minimum atomic E-state index is -0.867. The van der Waals surface area contributed by atoms with Crippen LogP contribution in [0, 0.1) is 18.7 Å². The van der Waals surface area contributed by atoms with Crippen molar-refractivity contribution in [3.63, 3.8) is 0 Å². The predicted octanol–water partition coefficient (Wildman–Crippen LogP) is 8.23. The number of aryl methyl sites for hydroxylation is 1. The van der Waals surface area contributed by atoms with E-state index < -0.39 is 5.97 Å². The second-order valence-corrected chi connectivity index (χ2v) is 10.4. The van der Waals surface area contributed by atoms with Crippen LogP contribution in [-0.2, 0) is 6.42 Å². The van der Waals surface area contributed by atoms with Gasteiger partial charge in [0.2, 0.25) is 0 Å². The van der Waals surface area contributed by atoms with Gasteiger partial charge < -0.3 is 10.4 Å². The smallest absolute Gasteiger partial charge is 0.335 e. The number of benzene rings is 4. The Kier molecular flexibility index (Phi) is 8.86. The van der Waals surface area contributed by atoms with Crippen molar-refractivity contribution in [3.05, 3.63) is 118 Å². The van der Waals surface area contributed by atoms with Gasteiger partial charge in [-0.15, -0.1) is 12.4 Å². The summed E-state index contributed by atoms with van der Waals surface area (Å²) in [7, 11) is 0. The molecule has 4 aromatic rings. The van der Waals surface area contributed by atoms with Crippen LogP contribution >= 0.6 is 12.4 Å². The Morgan fingerprint density at radius 3 is 2.55 bits per heavy atom. The molecule has 4 aromatic carbocycles. The van der Waals surface area contributed by atoms with E-state index in [0.717, 1.165) is 54.3 Å². The number of hydrogen-bond acceptors (Lipinski definition) is 2. The summed E-state index contributed by atoms with van der Waals surface area (Å²) in [5.74, 6) is -0.291. The zero-order valence-electron chi connectivity index (χ0n) is 21.9. The van der Waals surface area contributed by atoms with E-state index in [-0.39, 0.29) is 30.2 Å². The number of halogens is 2. The molecule has 2 N–H and O–H groups in total. The number of fused-ring (bicyclic) bond motifs is 2. The third-order valence-electron chi connectivity index (χ3n) is 8.01. The largest absolute Gasteiger partial charge is 0.478 e. The average molecular weight is 532 g/mol. The van der Waals surface area contributed by atoms with Gasteiger partial charge in [0.1, 0.15) is 5.82 Å². The quantitative estimate of drug-likeness (QED) is 0.225. The molecule has 1 aliphatic rings. The molecule has 0 aromatic heterocycles. The molecule has 0 aliphatic heterocycles. The van der Waals surface area contributed by atoms with E-state index in [1.54, 1.807) is 6.07 Å². The van der Waals surface area contributed by atoms with E-state index in [0.29, 0.717) is 16.9 Å². The van der Waals surface area contributed by atoms with Crippen LogP contribution in [0.1, 0.15) is 76.3 Å². The van der Waals surface area contributed by atoms with E-state index in [1.165, 1.54) is 11.1 Å². The van der Waals surface area contributed by atoms with Crippen molar-refractivity contribution in [1.82, 2.24) is 5.32 Å². The summed E-state index contributed by atoms with van der Waals surface area (Å²) in [6.07, 6.45) is 4.24. The number of hydrogen-bond donors (Lipinski definition) is 2. The Balaban J connectivity index is 0.00000336. The average Bonchev–Trinajstić information content (AvgIpc) is 2.91. The lowest BCUT2D eigenvalue weighted by atomic mass is 9.72. The normalized spacial score (nSPS) is 17.4. The fourth-order valence-electron chi connectivity index (χ4n) is 6.02. The number of carbonyl (C=O) groups is 1. The van der Waals surface area contributed by atoms with Gasteiger partial charge in [-0.1, -0.05) is 66.7 Å². The minimum Gasteiger partial charge on any atom is -0.478 e. The highest BCUT2D eigenvalue weighted by molar-refractivity contribution is 5.89. The van der Waals surface area contributed by atoms with E-state index in [2.05, 4.69) is 42.6 Å². The highest BCUT2D eigenvalue weighted by Gasteiger charge is 2.28. The second-order valence-electron chi connectivity index (χ2n) is 10.4. The fourth-order valence-corrected chi connectivity index (χ4v) is 6.02. The molecular formula is C33H35ClFNO2. The summed E-state index contributed by atoms with van der Waals surface area (Å²) in [6.45, 7) is 4.89. The van der Waals surface area contributed by atoms with Gasteiger partial charge >= 0.3 is 5.97 Å². The molecule has 5 heteroatoms. The summed E-state index contributed by atoms with van der Waals surface area (Å²) in [5.41, 5.74) is 6.11. The van der Waals surface area contributed by atoms with Crippen LogP contribution in [0.15, 0.2) is 78.9 Å². The number of carboxylic acid groups (broad SMARTS) is 1. The van der Waals surface area contributed by atoms with Crippen LogP contribution < -0.4 is 5.32 Å². The summed E-state index contributed by atoms with van der Waals surface area (Å²) in [6, 6.07) is 25.8. The molecule has 3 atom stereocenters. The second kappa shape index (κ2) is 12.1. The first kappa shape index (κ1) is 27.8. The summed E-state index contributed by atoms with van der Waals surface area (Å²) in [4.78, 5) is 11.8. The van der Waals surface area contributed by atoms with Crippen LogP contribution in [0.4, 0.5) is 4.39 Å². The van der Waals surface area contributed by atoms with Crippen LogP contribution in [0.3, 0.4) is 0 Å². The van der Waals surface area contributed by atoms with Gasteiger partial charge in [0.05, 0.1) is 5.56 Å². The molecule has 0 amide bonds. The van der Waals surface area contributed by atoms with Crippen molar-refractivity contribution >= 4 is 29.1 Å². The SMILES string of the molecule is Cc1ccc(C2C[C@@H](CCCN[C@H](C)c3ccc(F)c4ccccc34)Cc3ccccc32)cc1C(=O)O.Cl. The Morgan fingerprint density at radius 1 is 1.03 bits per heavy atom. The van der Waals surface area contributed by atoms with Crippen LogP contribution in [0.25, 0.3) is 10.8 Å². The highest BCUT2D eigenvalue weighted by Crippen LogP contribution is 2.41. The van der Waals surface area contributed by atoms with Gasteiger partial charge in [-0.3, -0.25) is 0 Å². The van der Waals surface area contributed by atoms with E-state index in [4.69, 9.17) is 0 Å². The molecule has 0 spiro atoms. The zero-order chi connectivity index (χ0) is 25.9. The molecule has 1 aliphatic carbocycles. The van der Waals surface area contributed by atoms with E-state index >= 15 is 0 Å². The first-order valence-electron chi connectivity index (χ1n) is 13.2. The minimum absolute atomic E-state index is 0. The molecule has 198 valence electrons. The third kappa shape index (κ3) is 5.77. The third-order valence-corrected chi connectivity index (χ3v) is 8.01. The summed E-state index contributed by atoms with van der Waals surface area (Å²) < 4.78 is 14.2. The maximum absolute atomic E-state index is 14.2. The van der Waals surface area contributed by atoms with Crippen molar-refractivity contribution < 1.29 is 14.3 Å². The van der Waals surface area contributed by atoms with E-state index in [9.17, 15) is 14.3 Å². The number of aromatic carboxylic acids is 1. The molecule has 0 bridgehead atoms. The first-order valence-corrected chi connectivity index (χ1v) is 13.2. The molecule has 0 saturated carbocycles. The number of rotatable bonds is 8. The number of nitrogens with one attached hydrogen (secondary N) is 1. The number of carboxylic acids is 1. The standard InChI is InChI=1S/C33H34FNO2.ClH/c1-21-13-14-25(20-30(21)33(36)37)31-19-23(18-24-9-3-4-10-27(24)31)8-7-17-35-22(2)26-15-16-32(34)29-12-6-5-11-28(26)29;/h3-6,9-16,20,22-23,31,35H,7-8,17-19H2,1-2H3,(H,36,37);1H/t22-,23+,31?;/m1./s1. The molecule has 0 fully saturated rings. The van der Waals surface area contributed by atoms with Crippen LogP contribution in [-0.4, -0.2) is 17.6 Å². The monoisotopic (exact) mass is 531 g/mol. The predicted molar refractivity (Wildman–Crippen MR) is 155 cm³/mol. The van der Waals surface area contributed by atoms with Crippen molar-refractivity contribution in [2.45, 2.75) is 51.5 Å². The molecule has 0 heterocycles. The van der Waals surface area contributed by atoms with Gasteiger partial charge in [-0.25, -0.2) is 9.18 Å². The van der Waals surface area contributed by atoms with Crippen molar-refractivity contribution in [1.29, 1.82) is 0 Å². The Hall–Kier alpha value is -3.21. The fraction of sp³-hybridized carbons (Fsp3) is 0.303. The molecule has 5 rings (SSSR count). The lowest BCUT2D eigenvalue weighted by Crippen LogP contribution is -2.23. The van der Waals surface area contributed by atoms with Gasteiger partial charge in [0, 0.05) is 17.3 Å². The summed E-state index contributed by atoms with van der Waals surface area (Å²) >= 11 is 0. The zero-order valence-corrected chi connectivity index (χ0v) is 22.7. The molecule has 0 saturated heterocycles. The maximum Gasteiger partial charge on any atom is 0.335 e. The van der Waals surface area contributed by atoms with Gasteiger partial charge in [0.25, 0.3) is 0 Å². The highest BCUT2D eigenvalue weighted by atomic mass is 35.5. The summed E-state index contributed by atoms with van der Waals surface area (Å²) in [5, 5.41) is 14.9. The topological polar surface area (TPSA) is 49.3 Å². The molecule has 38 heavy (non-hydrogen) atoms. The van der Waals surface area contributed by atoms with Crippen LogP contribution in [0.2, 0.25) is 0 Å². The first-order chi connectivity index (χ1) is 17.9. The van der Waals surface area contributed by atoms with Gasteiger partial charge in [0.15, 0.2) is 0 Å². The van der Waals surface area contributed by atoms with Crippen molar-refractivity contribution in [3.8, 4) is 0 Å². The van der Waals surface area contributed by atoms with Gasteiger partial charge in [-0.05, 0) is 97.3 Å². The molecule has 3 nitrogen and oxygen atoms in total. The Labute approximate surface area is 230 Å². The van der Waals surface area contributed by atoms with Crippen LogP contribution in [0.5, 0.6) is 0 Å². The lowest BCUT2D eigenvalue weighted by Gasteiger charge is -2.32. The maximum atomic E-state index is 14.2. The molecular weight excluding hydrogens is 497 g/mol. The lowest BCUT2D eigenvalue weighted by molar-refractivity contribution is 0.0696. The van der Waals surface area contributed by atoms with Crippen molar-refractivity contribution in [2.75, 3.05) is 6.54 Å². The van der Waals surface area contributed by atoms with Gasteiger partial charge in [-0.2, -0.15) is 0 Å².